The number of hydrogen-bond acceptors (Lipinski definition) is 4. The Morgan fingerprint density at radius 1 is 1.17 bits per heavy atom. The Kier molecular flexibility index (Phi) is 5.85. The fraction of sp³-hybridized carbons (Fsp3) is 0.393. The SMILES string of the molecule is CC(C)(C)c1cccc(C(O)C(=O)N2CCc3nc(C4(c5cccc(Cl)c5)CC4)[nH]c(=O)c3C2)c1. The first-order valence-corrected chi connectivity index (χ1v) is 12.4. The molecule has 6 nitrogen and oxygen atoms in total. The van der Waals surface area contributed by atoms with Crippen LogP contribution in [0.25, 0.3) is 0 Å². The number of nitrogens with zero attached hydrogens (tertiary/aromatic N) is 2. The standard InChI is InChI=1S/C28H30ClN3O3/c1-27(2,3)18-7-4-6-17(14-18)23(33)25(35)32-13-10-22-21(16-32)24(34)31-26(30-22)28(11-12-28)19-8-5-9-20(29)15-19/h4-9,14-15,23,33H,10-13,16H2,1-3H3,(H,30,31,34). The number of aromatic nitrogens is 2. The van der Waals surface area contributed by atoms with Crippen LogP contribution in [0.15, 0.2) is 53.3 Å². The Morgan fingerprint density at radius 3 is 2.60 bits per heavy atom. The summed E-state index contributed by atoms with van der Waals surface area (Å²) in [4.78, 5) is 35.7. The largest absolute Gasteiger partial charge is 0.378 e. The van der Waals surface area contributed by atoms with Gasteiger partial charge in [-0.3, -0.25) is 9.59 Å². The highest BCUT2D eigenvalue weighted by molar-refractivity contribution is 6.30. The highest BCUT2D eigenvalue weighted by Crippen LogP contribution is 2.52. The molecule has 1 aromatic heterocycles. The van der Waals surface area contributed by atoms with E-state index in [1.54, 1.807) is 11.0 Å². The molecule has 1 amide bonds. The molecule has 0 spiro atoms. The Balaban J connectivity index is 1.38. The normalized spacial score (nSPS) is 17.6. The summed E-state index contributed by atoms with van der Waals surface area (Å²) in [6, 6.07) is 15.2. The molecule has 1 fully saturated rings. The molecular weight excluding hydrogens is 462 g/mol. The van der Waals surface area contributed by atoms with Gasteiger partial charge >= 0.3 is 0 Å². The van der Waals surface area contributed by atoms with Gasteiger partial charge in [0.25, 0.3) is 11.5 Å². The van der Waals surface area contributed by atoms with Crippen molar-refractivity contribution in [1.29, 1.82) is 0 Å². The molecule has 5 rings (SSSR count). The van der Waals surface area contributed by atoms with E-state index in [0.717, 1.165) is 29.7 Å². The van der Waals surface area contributed by atoms with E-state index in [4.69, 9.17) is 16.6 Å². The van der Waals surface area contributed by atoms with Gasteiger partial charge in [0.05, 0.1) is 23.2 Å². The number of carbonyl (C=O) groups is 1. The number of aromatic amines is 1. The first kappa shape index (κ1) is 23.8. The zero-order valence-electron chi connectivity index (χ0n) is 20.3. The maximum absolute atomic E-state index is 13.2. The molecule has 182 valence electrons. The number of hydrogen-bond donors (Lipinski definition) is 2. The van der Waals surface area contributed by atoms with E-state index in [9.17, 15) is 14.7 Å². The van der Waals surface area contributed by atoms with Gasteiger partial charge in [-0.15, -0.1) is 0 Å². The predicted molar refractivity (Wildman–Crippen MR) is 136 cm³/mol. The van der Waals surface area contributed by atoms with Gasteiger partial charge in [-0.25, -0.2) is 4.98 Å². The molecule has 2 heterocycles. The van der Waals surface area contributed by atoms with Crippen molar-refractivity contribution in [3.05, 3.63) is 97.7 Å². The summed E-state index contributed by atoms with van der Waals surface area (Å²) in [6.45, 7) is 6.81. The number of benzene rings is 2. The van der Waals surface area contributed by atoms with Gasteiger partial charge in [0, 0.05) is 18.0 Å². The van der Waals surface area contributed by atoms with Crippen molar-refractivity contribution < 1.29 is 9.90 Å². The summed E-state index contributed by atoms with van der Waals surface area (Å²) >= 11 is 6.21. The van der Waals surface area contributed by atoms with Gasteiger partial charge in [-0.05, 0) is 47.1 Å². The first-order valence-electron chi connectivity index (χ1n) is 12.0. The summed E-state index contributed by atoms with van der Waals surface area (Å²) in [6.07, 6.45) is 1.000. The summed E-state index contributed by atoms with van der Waals surface area (Å²) in [5, 5.41) is 11.5. The van der Waals surface area contributed by atoms with E-state index in [0.29, 0.717) is 34.9 Å². The number of fused-ring (bicyclic) bond motifs is 1. The molecule has 0 radical (unpaired) electrons. The number of H-pyrrole nitrogens is 1. The Morgan fingerprint density at radius 2 is 1.91 bits per heavy atom. The van der Waals surface area contributed by atoms with E-state index < -0.39 is 12.0 Å². The molecule has 2 aliphatic rings. The number of aliphatic hydroxyl groups excluding tert-OH is 1. The Bertz CT molecular complexity index is 1350. The van der Waals surface area contributed by atoms with Crippen LogP contribution in [0.2, 0.25) is 5.02 Å². The number of halogens is 1. The highest BCUT2D eigenvalue weighted by Gasteiger charge is 2.49. The molecule has 2 aromatic carbocycles. The topological polar surface area (TPSA) is 86.3 Å². The Labute approximate surface area is 210 Å². The Hall–Kier alpha value is -2.96. The maximum Gasteiger partial charge on any atom is 0.256 e. The zero-order valence-corrected chi connectivity index (χ0v) is 21.0. The minimum Gasteiger partial charge on any atom is -0.378 e. The van der Waals surface area contributed by atoms with Crippen LogP contribution in [-0.2, 0) is 28.6 Å². The molecule has 3 aromatic rings. The lowest BCUT2D eigenvalue weighted by Crippen LogP contribution is -2.42. The van der Waals surface area contributed by atoms with Crippen LogP contribution in [0.5, 0.6) is 0 Å². The van der Waals surface area contributed by atoms with Crippen molar-refractivity contribution in [3.63, 3.8) is 0 Å². The third kappa shape index (κ3) is 4.41. The van der Waals surface area contributed by atoms with Crippen LogP contribution in [0.3, 0.4) is 0 Å². The lowest BCUT2D eigenvalue weighted by atomic mass is 9.85. The maximum atomic E-state index is 13.2. The van der Waals surface area contributed by atoms with Crippen molar-refractivity contribution in [3.8, 4) is 0 Å². The van der Waals surface area contributed by atoms with Gasteiger partial charge in [0.2, 0.25) is 0 Å². The molecule has 1 unspecified atom stereocenters. The highest BCUT2D eigenvalue weighted by atomic mass is 35.5. The van der Waals surface area contributed by atoms with Gasteiger partial charge in [-0.1, -0.05) is 68.8 Å². The van der Waals surface area contributed by atoms with Crippen LogP contribution in [0.1, 0.15) is 73.5 Å². The van der Waals surface area contributed by atoms with Gasteiger partial charge in [-0.2, -0.15) is 0 Å². The molecule has 35 heavy (non-hydrogen) atoms. The first-order chi connectivity index (χ1) is 16.6. The third-order valence-corrected chi connectivity index (χ3v) is 7.50. The van der Waals surface area contributed by atoms with Gasteiger partial charge < -0.3 is 15.0 Å². The molecule has 1 saturated carbocycles. The lowest BCUT2D eigenvalue weighted by Gasteiger charge is -2.30. The number of aliphatic hydroxyl groups is 1. The number of amides is 1. The van der Waals surface area contributed by atoms with Gasteiger partial charge in [0.1, 0.15) is 5.82 Å². The molecule has 1 atom stereocenters. The zero-order chi connectivity index (χ0) is 25.0. The molecule has 2 N–H and O–H groups in total. The van der Waals surface area contributed by atoms with Crippen LogP contribution in [0.4, 0.5) is 0 Å². The molecule has 0 bridgehead atoms. The lowest BCUT2D eigenvalue weighted by molar-refractivity contribution is -0.141. The molecule has 0 saturated heterocycles. The average Bonchev–Trinajstić information content (AvgIpc) is 3.65. The van der Waals surface area contributed by atoms with Crippen molar-refractivity contribution in [2.45, 2.75) is 63.5 Å². The third-order valence-electron chi connectivity index (χ3n) is 7.26. The van der Waals surface area contributed by atoms with E-state index in [2.05, 4.69) is 25.8 Å². The second-order valence-electron chi connectivity index (χ2n) is 10.7. The number of carbonyl (C=O) groups excluding carboxylic acids is 1. The monoisotopic (exact) mass is 491 g/mol. The molecule has 7 heteroatoms. The van der Waals surface area contributed by atoms with Gasteiger partial charge in [0.15, 0.2) is 6.10 Å². The number of rotatable bonds is 4. The minimum absolute atomic E-state index is 0.0937. The quantitative estimate of drug-likeness (QED) is 0.565. The summed E-state index contributed by atoms with van der Waals surface area (Å²) in [5.41, 5.74) is 3.27. The molecule has 1 aliphatic heterocycles. The number of nitrogens with one attached hydrogen (secondary N) is 1. The van der Waals surface area contributed by atoms with Crippen molar-refractivity contribution in [2.75, 3.05) is 6.54 Å². The van der Waals surface area contributed by atoms with E-state index >= 15 is 0 Å². The minimum atomic E-state index is -1.28. The second kappa shape index (κ2) is 8.61. The van der Waals surface area contributed by atoms with E-state index in [-0.39, 0.29) is 22.9 Å². The van der Waals surface area contributed by atoms with Crippen LogP contribution in [0, 0.1) is 0 Å². The molecular formula is C28H30ClN3O3. The fourth-order valence-corrected chi connectivity index (χ4v) is 5.09. The smallest absolute Gasteiger partial charge is 0.256 e. The van der Waals surface area contributed by atoms with E-state index in [1.807, 2.05) is 42.5 Å². The van der Waals surface area contributed by atoms with E-state index in [1.165, 1.54) is 0 Å². The van der Waals surface area contributed by atoms with Crippen LogP contribution in [-0.4, -0.2) is 32.4 Å². The second-order valence-corrected chi connectivity index (χ2v) is 11.2. The average molecular weight is 492 g/mol. The summed E-state index contributed by atoms with van der Waals surface area (Å²) < 4.78 is 0. The van der Waals surface area contributed by atoms with Crippen LogP contribution < -0.4 is 5.56 Å². The summed E-state index contributed by atoms with van der Waals surface area (Å²) in [5.74, 6) is 0.269. The predicted octanol–water partition coefficient (Wildman–Crippen LogP) is 4.42. The summed E-state index contributed by atoms with van der Waals surface area (Å²) in [7, 11) is 0. The van der Waals surface area contributed by atoms with Crippen LogP contribution >= 0.6 is 11.6 Å². The van der Waals surface area contributed by atoms with Crippen molar-refractivity contribution in [1.82, 2.24) is 14.9 Å². The molecule has 1 aliphatic carbocycles. The fourth-order valence-electron chi connectivity index (χ4n) is 4.90. The van der Waals surface area contributed by atoms with Crippen molar-refractivity contribution in [2.24, 2.45) is 0 Å². The van der Waals surface area contributed by atoms with Crippen molar-refractivity contribution >= 4 is 17.5 Å².